The second-order valence-electron chi connectivity index (χ2n) is 5.41. The summed E-state index contributed by atoms with van der Waals surface area (Å²) in [6.07, 6.45) is 7.21. The first kappa shape index (κ1) is 13.0. The van der Waals surface area contributed by atoms with E-state index >= 15 is 0 Å². The minimum absolute atomic E-state index is 0.487. The van der Waals surface area contributed by atoms with Crippen molar-refractivity contribution in [1.82, 2.24) is 0 Å². The second kappa shape index (κ2) is 5.15. The third-order valence-corrected chi connectivity index (χ3v) is 8.13. The lowest BCUT2D eigenvalue weighted by Gasteiger charge is -2.23. The van der Waals surface area contributed by atoms with Crippen molar-refractivity contribution in [3.8, 4) is 0 Å². The van der Waals surface area contributed by atoms with Crippen molar-refractivity contribution in [1.29, 1.82) is 0 Å². The van der Waals surface area contributed by atoms with Crippen LogP contribution in [0.2, 0.25) is 4.34 Å². The number of alkyl halides is 1. The molecule has 0 aromatic carbocycles. The van der Waals surface area contributed by atoms with Gasteiger partial charge in [0.2, 0.25) is 0 Å². The standard InChI is InChI=1S/C13H15Br2ClS/c14-10(12-6-11(15)13(16)17-12)5-9-4-7-1-2-8(9)3-7/h6-10H,1-5H2. The normalized spacial score (nSPS) is 33.2. The number of thiophene rings is 1. The van der Waals surface area contributed by atoms with Gasteiger partial charge >= 0.3 is 0 Å². The molecule has 2 aliphatic carbocycles. The van der Waals surface area contributed by atoms with Gasteiger partial charge in [-0.15, -0.1) is 11.3 Å². The highest BCUT2D eigenvalue weighted by Crippen LogP contribution is 2.52. The summed E-state index contributed by atoms with van der Waals surface area (Å²) in [5, 5.41) is 0. The fourth-order valence-corrected chi connectivity index (χ4v) is 6.18. The molecule has 0 amide bonds. The summed E-state index contributed by atoms with van der Waals surface area (Å²) in [6.45, 7) is 0. The summed E-state index contributed by atoms with van der Waals surface area (Å²) in [5.41, 5.74) is 0. The summed E-state index contributed by atoms with van der Waals surface area (Å²) in [5.74, 6) is 3.00. The number of halogens is 3. The van der Waals surface area contributed by atoms with Crippen LogP contribution in [0.3, 0.4) is 0 Å². The summed E-state index contributed by atoms with van der Waals surface area (Å²) in [4.78, 5) is 1.85. The van der Waals surface area contributed by atoms with Crippen LogP contribution >= 0.6 is 54.8 Å². The largest absolute Gasteiger partial charge is 0.126 e. The summed E-state index contributed by atoms with van der Waals surface area (Å²) in [6, 6.07) is 2.17. The molecule has 0 spiro atoms. The molecular weight excluding hydrogens is 383 g/mol. The molecule has 1 heterocycles. The Morgan fingerprint density at radius 2 is 2.24 bits per heavy atom. The van der Waals surface area contributed by atoms with Gasteiger partial charge in [-0.05, 0) is 65.4 Å². The van der Waals surface area contributed by atoms with E-state index in [1.165, 1.54) is 37.0 Å². The Morgan fingerprint density at radius 3 is 2.76 bits per heavy atom. The molecule has 2 aliphatic rings. The van der Waals surface area contributed by atoms with Crippen LogP contribution in [0.25, 0.3) is 0 Å². The van der Waals surface area contributed by atoms with E-state index < -0.39 is 0 Å². The van der Waals surface area contributed by atoms with E-state index in [1.54, 1.807) is 11.3 Å². The molecule has 17 heavy (non-hydrogen) atoms. The van der Waals surface area contributed by atoms with Crippen molar-refractivity contribution in [2.75, 3.05) is 0 Å². The second-order valence-corrected chi connectivity index (χ2v) is 9.05. The van der Waals surface area contributed by atoms with Gasteiger partial charge in [-0.3, -0.25) is 0 Å². The Labute approximate surface area is 128 Å². The van der Waals surface area contributed by atoms with Crippen molar-refractivity contribution in [3.05, 3.63) is 19.8 Å². The summed E-state index contributed by atoms with van der Waals surface area (Å²) < 4.78 is 1.91. The van der Waals surface area contributed by atoms with Crippen LogP contribution < -0.4 is 0 Å². The smallest absolute Gasteiger partial charge is 0.107 e. The third kappa shape index (κ3) is 2.63. The van der Waals surface area contributed by atoms with Gasteiger partial charge in [-0.2, -0.15) is 0 Å². The lowest BCUT2D eigenvalue weighted by Crippen LogP contribution is -2.11. The molecule has 0 nitrogen and oxygen atoms in total. The monoisotopic (exact) mass is 396 g/mol. The van der Waals surface area contributed by atoms with Crippen LogP contribution in [-0.2, 0) is 0 Å². The molecule has 3 rings (SSSR count). The topological polar surface area (TPSA) is 0 Å². The SMILES string of the molecule is Clc1sc(C(Br)CC2CC3CCC2C3)cc1Br. The van der Waals surface area contributed by atoms with Gasteiger partial charge in [0.25, 0.3) is 0 Å². The van der Waals surface area contributed by atoms with Gasteiger partial charge < -0.3 is 0 Å². The zero-order chi connectivity index (χ0) is 12.0. The van der Waals surface area contributed by atoms with E-state index in [1.807, 2.05) is 0 Å². The summed E-state index contributed by atoms with van der Waals surface area (Å²) in [7, 11) is 0. The molecule has 0 saturated heterocycles. The zero-order valence-corrected chi connectivity index (χ0v) is 14.2. The van der Waals surface area contributed by atoms with Gasteiger partial charge in [0.1, 0.15) is 4.34 Å². The summed E-state index contributed by atoms with van der Waals surface area (Å²) >= 11 is 15.1. The molecule has 1 aromatic rings. The van der Waals surface area contributed by atoms with E-state index in [0.29, 0.717) is 4.83 Å². The Balaban J connectivity index is 1.65. The molecule has 4 atom stereocenters. The fourth-order valence-electron chi connectivity index (χ4n) is 3.56. The highest BCUT2D eigenvalue weighted by Gasteiger charge is 2.40. The maximum absolute atomic E-state index is 6.10. The van der Waals surface area contributed by atoms with Gasteiger partial charge in [-0.25, -0.2) is 0 Å². The van der Waals surface area contributed by atoms with Gasteiger partial charge in [-0.1, -0.05) is 34.0 Å². The predicted molar refractivity (Wildman–Crippen MR) is 82.3 cm³/mol. The number of fused-ring (bicyclic) bond motifs is 2. The van der Waals surface area contributed by atoms with Crippen LogP contribution in [0.1, 0.15) is 41.8 Å². The number of rotatable bonds is 3. The van der Waals surface area contributed by atoms with Crippen molar-refractivity contribution in [2.45, 2.75) is 36.9 Å². The van der Waals surface area contributed by atoms with Crippen molar-refractivity contribution in [2.24, 2.45) is 17.8 Å². The molecule has 94 valence electrons. The molecule has 4 heteroatoms. The molecule has 1 aromatic heterocycles. The molecule has 0 N–H and O–H groups in total. The minimum atomic E-state index is 0.487. The lowest BCUT2D eigenvalue weighted by molar-refractivity contribution is 0.314. The molecule has 0 aliphatic heterocycles. The van der Waals surface area contributed by atoms with Crippen LogP contribution in [0, 0.1) is 17.8 Å². The van der Waals surface area contributed by atoms with Crippen LogP contribution in [0.5, 0.6) is 0 Å². The Morgan fingerprint density at radius 1 is 1.41 bits per heavy atom. The van der Waals surface area contributed by atoms with Crippen molar-refractivity contribution >= 4 is 54.8 Å². The van der Waals surface area contributed by atoms with E-state index in [-0.39, 0.29) is 0 Å². The van der Waals surface area contributed by atoms with E-state index in [2.05, 4.69) is 37.9 Å². The Kier molecular flexibility index (Phi) is 3.92. The first-order chi connectivity index (χ1) is 8.13. The first-order valence-electron chi connectivity index (χ1n) is 6.22. The fraction of sp³-hybridized carbons (Fsp3) is 0.692. The molecule has 2 bridgehead atoms. The quantitative estimate of drug-likeness (QED) is 0.515. The molecule has 2 saturated carbocycles. The molecule has 4 unspecified atom stereocenters. The van der Waals surface area contributed by atoms with E-state index in [9.17, 15) is 0 Å². The van der Waals surface area contributed by atoms with Crippen LogP contribution in [-0.4, -0.2) is 0 Å². The molecule has 2 fully saturated rings. The molecule has 0 radical (unpaired) electrons. The average molecular weight is 399 g/mol. The maximum Gasteiger partial charge on any atom is 0.107 e. The van der Waals surface area contributed by atoms with Crippen molar-refractivity contribution < 1.29 is 0 Å². The number of hydrogen-bond donors (Lipinski definition) is 0. The highest BCUT2D eigenvalue weighted by atomic mass is 79.9. The zero-order valence-electron chi connectivity index (χ0n) is 9.46. The number of hydrogen-bond acceptors (Lipinski definition) is 1. The third-order valence-electron chi connectivity index (χ3n) is 4.37. The van der Waals surface area contributed by atoms with Crippen LogP contribution in [0.4, 0.5) is 0 Å². The van der Waals surface area contributed by atoms with E-state index in [4.69, 9.17) is 11.6 Å². The minimum Gasteiger partial charge on any atom is -0.126 e. The highest BCUT2D eigenvalue weighted by molar-refractivity contribution is 9.10. The van der Waals surface area contributed by atoms with Crippen molar-refractivity contribution in [3.63, 3.8) is 0 Å². The van der Waals surface area contributed by atoms with E-state index in [0.717, 1.165) is 26.6 Å². The Hall–Kier alpha value is 0.950. The van der Waals surface area contributed by atoms with Gasteiger partial charge in [0, 0.05) is 14.2 Å². The van der Waals surface area contributed by atoms with Gasteiger partial charge in [0.15, 0.2) is 0 Å². The Bertz CT molecular complexity index is 398. The average Bonchev–Trinajstić information content (AvgIpc) is 2.95. The van der Waals surface area contributed by atoms with Gasteiger partial charge in [0.05, 0.1) is 0 Å². The maximum atomic E-state index is 6.10. The first-order valence-corrected chi connectivity index (χ1v) is 9.12. The lowest BCUT2D eigenvalue weighted by atomic mass is 9.85. The van der Waals surface area contributed by atoms with Crippen LogP contribution in [0.15, 0.2) is 10.5 Å². The molecular formula is C13H15Br2ClS. The predicted octanol–water partition coefficient (Wildman–Crippen LogP) is 6.43.